The molecular weight excluding hydrogens is 557 g/mol. The van der Waals surface area contributed by atoms with Gasteiger partial charge in [-0.15, -0.1) is 0 Å². The van der Waals surface area contributed by atoms with Crippen molar-refractivity contribution in [2.24, 2.45) is 23.7 Å². The summed E-state index contributed by atoms with van der Waals surface area (Å²) in [4.78, 5) is 70.3. The van der Waals surface area contributed by atoms with Gasteiger partial charge in [0.05, 0.1) is 6.04 Å². The van der Waals surface area contributed by atoms with Gasteiger partial charge in [-0.2, -0.15) is 0 Å². The van der Waals surface area contributed by atoms with Crippen LogP contribution in [-0.2, 0) is 19.2 Å². The molecule has 0 radical (unpaired) electrons. The third kappa shape index (κ3) is 7.23. The maximum atomic E-state index is 14.2. The molecule has 4 amide bonds. The number of likely N-dealkylation sites (tertiary alicyclic amines) is 1. The quantitative estimate of drug-likeness (QED) is 0.251. The standard InChI is InChI=1S/C31H42FN5O6/c1-16(2)12-25(36-29(41)24-14-20-21(32)6-5-7-22(20)34-24)31(43)37-11-9-19(17(3)4)27(37)30(42)35-23(26(39)15-38)13-18-8-10-33-28(18)40/h5-7,14,16-19,23,25,27,34,38H,8-13,15H2,1-4H3,(H,33,40)(H,35,42)(H,36,41)/t18-,19+,23-,25-,27-/m0/s1. The van der Waals surface area contributed by atoms with Crippen molar-refractivity contribution in [3.8, 4) is 0 Å². The fraction of sp³-hybridized carbons (Fsp3) is 0.581. The molecule has 11 nitrogen and oxygen atoms in total. The molecule has 2 saturated heterocycles. The summed E-state index contributed by atoms with van der Waals surface area (Å²) in [5.41, 5.74) is 0.564. The number of aliphatic hydroxyl groups excluding tert-OH is 1. The van der Waals surface area contributed by atoms with E-state index in [1.807, 2.05) is 27.7 Å². The summed E-state index contributed by atoms with van der Waals surface area (Å²) in [5.74, 6) is -3.43. The summed E-state index contributed by atoms with van der Waals surface area (Å²) in [5, 5.41) is 18.1. The van der Waals surface area contributed by atoms with E-state index in [4.69, 9.17) is 0 Å². The molecule has 2 aromatic rings. The van der Waals surface area contributed by atoms with Gasteiger partial charge in [-0.3, -0.25) is 24.0 Å². The molecule has 5 atom stereocenters. The number of aromatic nitrogens is 1. The first kappa shape index (κ1) is 32.1. The largest absolute Gasteiger partial charge is 0.389 e. The van der Waals surface area contributed by atoms with Gasteiger partial charge in [0, 0.05) is 29.9 Å². The Kier molecular flexibility index (Phi) is 10.2. The molecule has 0 spiro atoms. The lowest BCUT2D eigenvalue weighted by Gasteiger charge is -2.33. The Hall–Kier alpha value is -3.80. The van der Waals surface area contributed by atoms with Crippen LogP contribution in [0.25, 0.3) is 10.9 Å². The lowest BCUT2D eigenvalue weighted by atomic mass is 9.87. The molecule has 4 rings (SSSR count). The highest BCUT2D eigenvalue weighted by molar-refractivity contribution is 6.01. The lowest BCUT2D eigenvalue weighted by molar-refractivity contribution is -0.142. The summed E-state index contributed by atoms with van der Waals surface area (Å²) in [6.45, 7) is 7.72. The number of carbonyl (C=O) groups is 5. The molecule has 12 heteroatoms. The number of hydrogen-bond donors (Lipinski definition) is 5. The Morgan fingerprint density at radius 2 is 1.84 bits per heavy atom. The van der Waals surface area contributed by atoms with Crippen LogP contribution in [0.5, 0.6) is 0 Å². The molecule has 2 aliphatic heterocycles. The number of Topliss-reactive ketones (excluding diaryl/α,β-unsaturated/α-hetero) is 1. The van der Waals surface area contributed by atoms with Crippen molar-refractivity contribution < 1.29 is 33.5 Å². The molecule has 5 N–H and O–H groups in total. The van der Waals surface area contributed by atoms with Gasteiger partial charge in [-0.1, -0.05) is 33.8 Å². The monoisotopic (exact) mass is 599 g/mol. The number of rotatable bonds is 12. The number of H-pyrrole nitrogens is 1. The number of fused-ring (bicyclic) bond motifs is 1. The van der Waals surface area contributed by atoms with Crippen LogP contribution in [0.15, 0.2) is 24.3 Å². The van der Waals surface area contributed by atoms with E-state index >= 15 is 0 Å². The first-order chi connectivity index (χ1) is 20.4. The van der Waals surface area contributed by atoms with Gasteiger partial charge >= 0.3 is 0 Å². The maximum Gasteiger partial charge on any atom is 0.268 e. The van der Waals surface area contributed by atoms with Crippen molar-refractivity contribution >= 4 is 40.3 Å². The van der Waals surface area contributed by atoms with Gasteiger partial charge in [-0.05, 0) is 61.6 Å². The topological polar surface area (TPSA) is 161 Å². The van der Waals surface area contributed by atoms with Crippen LogP contribution in [0.1, 0.15) is 63.9 Å². The number of amides is 4. The molecular formula is C31H42FN5O6. The number of benzene rings is 1. The number of carbonyl (C=O) groups excluding carboxylic acids is 5. The molecule has 0 unspecified atom stereocenters. The third-order valence-corrected chi connectivity index (χ3v) is 8.56. The van der Waals surface area contributed by atoms with Crippen molar-refractivity contribution in [2.75, 3.05) is 19.7 Å². The summed E-state index contributed by atoms with van der Waals surface area (Å²) in [6.07, 6.45) is 1.43. The van der Waals surface area contributed by atoms with Gasteiger partial charge in [0.15, 0.2) is 5.78 Å². The second-order valence-corrected chi connectivity index (χ2v) is 12.4. The van der Waals surface area contributed by atoms with Gasteiger partial charge in [0.25, 0.3) is 5.91 Å². The summed E-state index contributed by atoms with van der Waals surface area (Å²) >= 11 is 0. The second-order valence-electron chi connectivity index (χ2n) is 12.4. The van der Waals surface area contributed by atoms with Crippen LogP contribution in [-0.4, -0.2) is 82.2 Å². The van der Waals surface area contributed by atoms with E-state index in [0.29, 0.717) is 31.3 Å². The fourth-order valence-electron chi connectivity index (χ4n) is 6.26. The van der Waals surface area contributed by atoms with E-state index in [9.17, 15) is 33.5 Å². The highest BCUT2D eigenvalue weighted by atomic mass is 19.1. The highest BCUT2D eigenvalue weighted by Crippen LogP contribution is 2.32. The second kappa shape index (κ2) is 13.7. The molecule has 1 aromatic carbocycles. The smallest absolute Gasteiger partial charge is 0.268 e. The number of aliphatic hydroxyl groups is 1. The molecule has 3 heterocycles. The zero-order valence-electron chi connectivity index (χ0n) is 25.1. The van der Waals surface area contributed by atoms with Gasteiger partial charge in [-0.25, -0.2) is 4.39 Å². The lowest BCUT2D eigenvalue weighted by Crippen LogP contribution is -2.57. The van der Waals surface area contributed by atoms with E-state index < -0.39 is 60.0 Å². The first-order valence-corrected chi connectivity index (χ1v) is 15.0. The molecule has 43 heavy (non-hydrogen) atoms. The van der Waals surface area contributed by atoms with Crippen LogP contribution in [0.3, 0.4) is 0 Å². The number of aromatic amines is 1. The number of ketones is 1. The molecule has 0 saturated carbocycles. The molecule has 1 aromatic heterocycles. The highest BCUT2D eigenvalue weighted by Gasteiger charge is 2.46. The predicted octanol–water partition coefficient (Wildman–Crippen LogP) is 1.90. The van der Waals surface area contributed by atoms with Crippen molar-refractivity contribution in [3.05, 3.63) is 35.8 Å². The molecule has 2 fully saturated rings. The SMILES string of the molecule is CC(C)C[C@H](NC(=O)c1cc2c(F)cccc2[nH]1)C(=O)N1CC[C@H](C(C)C)[C@H]1C(=O)N[C@@H](C[C@@H]1CCNC1=O)C(=O)CO. The Morgan fingerprint density at radius 3 is 2.44 bits per heavy atom. The summed E-state index contributed by atoms with van der Waals surface area (Å²) < 4.78 is 14.2. The normalized spacial score (nSPS) is 21.7. The number of nitrogens with zero attached hydrogens (tertiary/aromatic N) is 1. The Morgan fingerprint density at radius 1 is 1.09 bits per heavy atom. The van der Waals surface area contributed by atoms with Crippen molar-refractivity contribution in [2.45, 2.75) is 71.5 Å². The molecule has 234 valence electrons. The minimum absolute atomic E-state index is 0.0225. The maximum absolute atomic E-state index is 14.2. The number of nitrogens with one attached hydrogen (secondary N) is 4. The van der Waals surface area contributed by atoms with Gasteiger partial charge < -0.3 is 30.9 Å². The Balaban J connectivity index is 1.56. The van der Waals surface area contributed by atoms with E-state index in [2.05, 4.69) is 20.9 Å². The average molecular weight is 600 g/mol. The molecule has 0 bridgehead atoms. The van der Waals surface area contributed by atoms with Gasteiger partial charge in [0.1, 0.15) is 30.2 Å². The minimum atomic E-state index is -1.08. The molecule has 0 aliphatic carbocycles. The van der Waals surface area contributed by atoms with Crippen LogP contribution in [0.4, 0.5) is 4.39 Å². The van der Waals surface area contributed by atoms with E-state index in [1.54, 1.807) is 6.07 Å². The summed E-state index contributed by atoms with van der Waals surface area (Å²) in [6, 6.07) is 2.94. The Labute approximate surface area is 250 Å². The third-order valence-electron chi connectivity index (χ3n) is 8.56. The zero-order valence-corrected chi connectivity index (χ0v) is 25.1. The predicted molar refractivity (Wildman–Crippen MR) is 157 cm³/mol. The van der Waals surface area contributed by atoms with Crippen LogP contribution in [0, 0.1) is 29.5 Å². The minimum Gasteiger partial charge on any atom is -0.389 e. The summed E-state index contributed by atoms with van der Waals surface area (Å²) in [7, 11) is 0. The zero-order chi connectivity index (χ0) is 31.4. The average Bonchev–Trinajstić information content (AvgIpc) is 3.70. The molecule has 2 aliphatic rings. The first-order valence-electron chi connectivity index (χ1n) is 15.0. The van der Waals surface area contributed by atoms with Crippen LogP contribution in [0.2, 0.25) is 0 Å². The fourth-order valence-corrected chi connectivity index (χ4v) is 6.26. The van der Waals surface area contributed by atoms with Crippen molar-refractivity contribution in [1.29, 1.82) is 0 Å². The van der Waals surface area contributed by atoms with E-state index in [-0.39, 0.29) is 47.7 Å². The van der Waals surface area contributed by atoms with Gasteiger partial charge in [0.2, 0.25) is 17.7 Å². The Bertz CT molecular complexity index is 1370. The van der Waals surface area contributed by atoms with E-state index in [0.717, 1.165) is 0 Å². The van der Waals surface area contributed by atoms with Crippen molar-refractivity contribution in [1.82, 2.24) is 25.8 Å². The number of halogens is 1. The van der Waals surface area contributed by atoms with E-state index in [1.165, 1.54) is 23.1 Å². The van der Waals surface area contributed by atoms with Crippen LogP contribution >= 0.6 is 0 Å². The number of hydrogen-bond acceptors (Lipinski definition) is 6. The van der Waals surface area contributed by atoms with Crippen molar-refractivity contribution in [3.63, 3.8) is 0 Å². The van der Waals surface area contributed by atoms with Crippen LogP contribution < -0.4 is 16.0 Å².